The molecule has 0 saturated carbocycles. The highest BCUT2D eigenvalue weighted by molar-refractivity contribution is 7.80. The number of carbonyl (C=O) groups excluding carboxylic acids is 2. The van der Waals surface area contributed by atoms with Crippen LogP contribution in [0.1, 0.15) is 23.2 Å². The average molecular weight is 542 g/mol. The number of ketones is 1. The molecule has 8 nitrogen and oxygen atoms in total. The maximum atomic E-state index is 13.5. The van der Waals surface area contributed by atoms with Crippen LogP contribution in [-0.4, -0.2) is 58.9 Å². The maximum Gasteiger partial charge on any atom is 0.490 e. The summed E-state index contributed by atoms with van der Waals surface area (Å²) in [5.74, 6) is -3.63. The Morgan fingerprint density at radius 3 is 2.46 bits per heavy atom. The van der Waals surface area contributed by atoms with Gasteiger partial charge in [0.1, 0.15) is 6.61 Å². The van der Waals surface area contributed by atoms with Gasteiger partial charge in [0.15, 0.2) is 5.78 Å². The van der Waals surface area contributed by atoms with Gasteiger partial charge < -0.3 is 20.9 Å². The summed E-state index contributed by atoms with van der Waals surface area (Å²) in [6.07, 6.45) is -2.50. The summed E-state index contributed by atoms with van der Waals surface area (Å²) in [6.45, 7) is 3.11. The Morgan fingerprint density at radius 1 is 1.24 bits per heavy atom. The molecule has 0 amide bonds. The molecule has 0 spiro atoms. The lowest BCUT2D eigenvalue weighted by Gasteiger charge is -2.42. The van der Waals surface area contributed by atoms with Crippen molar-refractivity contribution in [2.45, 2.75) is 38.6 Å². The van der Waals surface area contributed by atoms with Gasteiger partial charge >= 0.3 is 18.1 Å². The first-order chi connectivity index (χ1) is 17.4. The number of carboxylic acid groups (broad SMARTS) is 1. The van der Waals surface area contributed by atoms with Crippen LogP contribution < -0.4 is 11.1 Å². The first kappa shape index (κ1) is 30.3. The molecule has 37 heavy (non-hydrogen) atoms. The van der Waals surface area contributed by atoms with Crippen LogP contribution in [0.2, 0.25) is 0 Å². The number of alkyl halides is 3. The molecule has 1 aromatic carbocycles. The number of Topliss-reactive ketones (excluding diaryl/α,β-unsaturated/α-hetero) is 1. The minimum atomic E-state index is -5.08. The van der Waals surface area contributed by atoms with E-state index in [0.717, 1.165) is 11.1 Å². The molecule has 4 N–H and O–H groups in total. The Hall–Kier alpha value is -2.96. The maximum absolute atomic E-state index is 13.5. The monoisotopic (exact) mass is 541 g/mol. The number of ether oxygens (including phenoxy) is 1. The number of pyridine rings is 1. The molecule has 12 heteroatoms. The molecule has 0 bridgehead atoms. The summed E-state index contributed by atoms with van der Waals surface area (Å²) >= 11 is 4.20. The normalized spacial score (nSPS) is 20.2. The quantitative estimate of drug-likeness (QED) is 0.296. The second kappa shape index (κ2) is 13.5. The van der Waals surface area contributed by atoms with Gasteiger partial charge in [-0.25, -0.2) is 4.79 Å². The van der Waals surface area contributed by atoms with Gasteiger partial charge in [0, 0.05) is 24.4 Å². The van der Waals surface area contributed by atoms with Crippen molar-refractivity contribution in [1.82, 2.24) is 10.3 Å². The summed E-state index contributed by atoms with van der Waals surface area (Å²) in [4.78, 5) is 39.8. The van der Waals surface area contributed by atoms with Crippen LogP contribution in [0, 0.1) is 18.3 Å². The van der Waals surface area contributed by atoms with Crippen LogP contribution in [0.3, 0.4) is 0 Å². The Bertz CT molecular complexity index is 1070. The highest BCUT2D eigenvalue weighted by atomic mass is 32.1. The molecule has 202 valence electrons. The van der Waals surface area contributed by atoms with Crippen LogP contribution in [0.4, 0.5) is 13.2 Å². The summed E-state index contributed by atoms with van der Waals surface area (Å²) in [5, 5.41) is 10.4. The SMILES string of the molecule is Cc1ccccc1CC1(C(=O)OCc2ccccn2)CCNCC1C(=O)[C@@H](N)CS.O=C(O)C(F)(F)F. The van der Waals surface area contributed by atoms with Crippen molar-refractivity contribution < 1.29 is 37.4 Å². The van der Waals surface area contributed by atoms with E-state index in [-0.39, 0.29) is 24.1 Å². The molecule has 1 aliphatic heterocycles. The second-order valence-corrected chi connectivity index (χ2v) is 9.02. The molecule has 0 aliphatic carbocycles. The number of nitrogens with one attached hydrogen (secondary N) is 1. The first-order valence-corrected chi connectivity index (χ1v) is 12.1. The number of aliphatic carboxylic acids is 1. The number of hydrogen-bond acceptors (Lipinski definition) is 8. The van der Waals surface area contributed by atoms with E-state index in [1.54, 1.807) is 6.20 Å². The van der Waals surface area contributed by atoms with Gasteiger partial charge in [-0.1, -0.05) is 30.3 Å². The van der Waals surface area contributed by atoms with Gasteiger partial charge in [0.05, 0.1) is 17.2 Å². The van der Waals surface area contributed by atoms with Crippen molar-refractivity contribution in [3.8, 4) is 0 Å². The van der Waals surface area contributed by atoms with Crippen molar-refractivity contribution in [2.75, 3.05) is 18.8 Å². The number of nitrogens with zero attached hydrogens (tertiary/aromatic N) is 1. The van der Waals surface area contributed by atoms with E-state index in [1.165, 1.54) is 0 Å². The third-order valence-corrected chi connectivity index (χ3v) is 6.56. The minimum Gasteiger partial charge on any atom is -0.475 e. The predicted molar refractivity (Wildman–Crippen MR) is 133 cm³/mol. The molecule has 1 saturated heterocycles. The zero-order valence-electron chi connectivity index (χ0n) is 20.2. The number of esters is 1. The number of piperidine rings is 1. The molecule has 2 aromatic rings. The molecule has 3 atom stereocenters. The molecular weight excluding hydrogens is 511 g/mol. The van der Waals surface area contributed by atoms with E-state index in [2.05, 4.69) is 22.9 Å². The summed E-state index contributed by atoms with van der Waals surface area (Å²) in [5.41, 5.74) is 7.84. The highest BCUT2D eigenvalue weighted by Gasteiger charge is 2.52. The largest absolute Gasteiger partial charge is 0.490 e. The van der Waals surface area contributed by atoms with Gasteiger partial charge in [-0.15, -0.1) is 0 Å². The molecule has 2 heterocycles. The summed E-state index contributed by atoms with van der Waals surface area (Å²) < 4.78 is 37.5. The minimum absolute atomic E-state index is 0.0716. The van der Waals surface area contributed by atoms with Gasteiger partial charge in [-0.05, 0) is 49.6 Å². The van der Waals surface area contributed by atoms with E-state index < -0.39 is 29.5 Å². The van der Waals surface area contributed by atoms with E-state index >= 15 is 0 Å². The van der Waals surface area contributed by atoms with Gasteiger partial charge in [0.2, 0.25) is 0 Å². The van der Waals surface area contributed by atoms with Crippen molar-refractivity contribution in [3.05, 3.63) is 65.5 Å². The third kappa shape index (κ3) is 8.27. The van der Waals surface area contributed by atoms with E-state index in [4.69, 9.17) is 20.4 Å². The van der Waals surface area contributed by atoms with Gasteiger partial charge in [-0.2, -0.15) is 25.8 Å². The third-order valence-electron chi connectivity index (χ3n) is 6.16. The van der Waals surface area contributed by atoms with E-state index in [1.807, 2.05) is 49.4 Å². The summed E-state index contributed by atoms with van der Waals surface area (Å²) in [6, 6.07) is 12.7. The number of aromatic nitrogens is 1. The van der Waals surface area contributed by atoms with Gasteiger partial charge in [-0.3, -0.25) is 14.6 Å². The number of carboxylic acids is 1. The van der Waals surface area contributed by atoms with Crippen LogP contribution >= 0.6 is 12.6 Å². The molecule has 3 rings (SSSR count). The van der Waals surface area contributed by atoms with Crippen LogP contribution in [-0.2, 0) is 32.1 Å². The number of hydrogen-bond donors (Lipinski definition) is 4. The number of thiol groups is 1. The van der Waals surface area contributed by atoms with Crippen LogP contribution in [0.15, 0.2) is 48.7 Å². The van der Waals surface area contributed by atoms with Gasteiger partial charge in [0.25, 0.3) is 0 Å². The molecule has 0 radical (unpaired) electrons. The molecule has 1 aromatic heterocycles. The fourth-order valence-electron chi connectivity index (χ4n) is 4.09. The standard InChI is InChI=1S/C23H29N3O3S.C2HF3O2/c1-16-6-2-3-7-17(16)12-23(22(28)29-14-18-8-4-5-10-26-18)9-11-25-13-19(23)21(27)20(24)15-30;3-2(4,5)1(6)7/h2-8,10,19-20,25,30H,9,11-15,24H2,1H3;(H,6,7)/t19?,20-,23?;/m0./s1. The smallest absolute Gasteiger partial charge is 0.475 e. The number of nitrogens with two attached hydrogens (primary N) is 1. The Morgan fingerprint density at radius 2 is 1.89 bits per heavy atom. The molecule has 1 aliphatic rings. The first-order valence-electron chi connectivity index (χ1n) is 11.4. The van der Waals surface area contributed by atoms with Crippen LogP contribution in [0.5, 0.6) is 0 Å². The van der Waals surface area contributed by atoms with E-state index in [9.17, 15) is 22.8 Å². The zero-order valence-corrected chi connectivity index (χ0v) is 21.1. The lowest BCUT2D eigenvalue weighted by molar-refractivity contribution is -0.192. The lowest BCUT2D eigenvalue weighted by Crippen LogP contribution is -2.57. The average Bonchev–Trinajstić information content (AvgIpc) is 2.88. The number of rotatable bonds is 8. The molecule has 1 fully saturated rings. The van der Waals surface area contributed by atoms with Crippen LogP contribution in [0.25, 0.3) is 0 Å². The zero-order chi connectivity index (χ0) is 27.6. The number of aryl methyl sites for hydroxylation is 1. The topological polar surface area (TPSA) is 132 Å². The Balaban J connectivity index is 0.000000604. The van der Waals surface area contributed by atoms with Crippen molar-refractivity contribution in [1.29, 1.82) is 0 Å². The molecular formula is C25H30F3N3O5S. The Kier molecular flexibility index (Phi) is 11.1. The fraction of sp³-hybridized carbons (Fsp3) is 0.440. The van der Waals surface area contributed by atoms with Crippen molar-refractivity contribution in [2.24, 2.45) is 17.1 Å². The van der Waals surface area contributed by atoms with Crippen molar-refractivity contribution >= 4 is 30.4 Å². The van der Waals surface area contributed by atoms with Crippen molar-refractivity contribution in [3.63, 3.8) is 0 Å². The Labute approximate surface area is 218 Å². The van der Waals surface area contributed by atoms with E-state index in [0.29, 0.717) is 31.6 Å². The fourth-order valence-corrected chi connectivity index (χ4v) is 4.27. The lowest BCUT2D eigenvalue weighted by atomic mass is 9.64. The number of carbonyl (C=O) groups is 3. The highest BCUT2D eigenvalue weighted by Crippen LogP contribution is 2.41. The second-order valence-electron chi connectivity index (χ2n) is 8.66. The number of halogens is 3. The molecule has 2 unspecified atom stereocenters. The number of benzene rings is 1. The predicted octanol–water partition coefficient (Wildman–Crippen LogP) is 2.73. The summed E-state index contributed by atoms with van der Waals surface area (Å²) in [7, 11) is 0.